The van der Waals surface area contributed by atoms with Crippen LogP contribution >= 0.6 is 11.5 Å². The second kappa shape index (κ2) is 3.46. The van der Waals surface area contributed by atoms with Crippen molar-refractivity contribution >= 4 is 16.7 Å². The molecule has 1 aromatic rings. The number of anilines is 1. The first-order valence-electron chi connectivity index (χ1n) is 4.47. The third-order valence-electron chi connectivity index (χ3n) is 2.16. The normalized spacial score (nSPS) is 17.9. The summed E-state index contributed by atoms with van der Waals surface area (Å²) in [6.45, 7) is 7.98. The second-order valence-corrected chi connectivity index (χ2v) is 4.13. The Morgan fingerprint density at radius 1 is 1.54 bits per heavy atom. The Morgan fingerprint density at radius 3 is 3.00 bits per heavy atom. The Bertz CT molecular complexity index is 318. The zero-order valence-corrected chi connectivity index (χ0v) is 8.60. The molecule has 1 aliphatic rings. The van der Waals surface area contributed by atoms with Crippen LogP contribution in [0.15, 0.2) is 12.2 Å². The van der Waals surface area contributed by atoms with Gasteiger partial charge in [0, 0.05) is 24.6 Å². The van der Waals surface area contributed by atoms with E-state index in [0.29, 0.717) is 0 Å². The Hall–Kier alpha value is -0.900. The molecule has 0 aromatic carbocycles. The summed E-state index contributed by atoms with van der Waals surface area (Å²) in [7, 11) is 0. The monoisotopic (exact) mass is 195 g/mol. The number of aryl methyl sites for hydroxylation is 1. The van der Waals surface area contributed by atoms with Gasteiger partial charge in [-0.1, -0.05) is 12.2 Å². The molecule has 0 saturated carbocycles. The summed E-state index contributed by atoms with van der Waals surface area (Å²) in [6.07, 6.45) is 2.35. The molecule has 3 nitrogen and oxygen atoms in total. The number of nitrogens with zero attached hydrogens (tertiary/aromatic N) is 3. The van der Waals surface area contributed by atoms with E-state index in [1.165, 1.54) is 23.5 Å². The highest BCUT2D eigenvalue weighted by atomic mass is 32.1. The molecule has 0 radical (unpaired) electrons. The predicted octanol–water partition coefficient (Wildman–Crippen LogP) is 2.00. The van der Waals surface area contributed by atoms with Gasteiger partial charge in [-0.2, -0.15) is 4.37 Å². The lowest BCUT2D eigenvalue weighted by Gasteiger charge is -2.27. The minimum Gasteiger partial charge on any atom is -0.343 e. The summed E-state index contributed by atoms with van der Waals surface area (Å²) in [5, 5.41) is 1.04. The standard InChI is InChI=1S/C9H13N3S/c1-7-4-3-5-12(6-7)9-10-8(2)11-13-9/h1,3-6H2,2H3. The van der Waals surface area contributed by atoms with Gasteiger partial charge >= 0.3 is 0 Å². The van der Waals surface area contributed by atoms with Crippen molar-refractivity contribution in [2.24, 2.45) is 0 Å². The van der Waals surface area contributed by atoms with Crippen molar-refractivity contribution in [3.63, 3.8) is 0 Å². The van der Waals surface area contributed by atoms with E-state index >= 15 is 0 Å². The van der Waals surface area contributed by atoms with Crippen LogP contribution in [0.1, 0.15) is 18.7 Å². The van der Waals surface area contributed by atoms with Crippen molar-refractivity contribution in [2.45, 2.75) is 19.8 Å². The summed E-state index contributed by atoms with van der Waals surface area (Å²) in [5.74, 6) is 0.871. The molecular formula is C9H13N3S. The SMILES string of the molecule is C=C1CCCN(c2nc(C)ns2)C1. The van der Waals surface area contributed by atoms with Crippen LogP contribution in [0.5, 0.6) is 0 Å². The van der Waals surface area contributed by atoms with E-state index in [1.54, 1.807) is 0 Å². The first-order valence-corrected chi connectivity index (χ1v) is 5.25. The van der Waals surface area contributed by atoms with Crippen LogP contribution in [0.2, 0.25) is 0 Å². The van der Waals surface area contributed by atoms with E-state index in [0.717, 1.165) is 30.5 Å². The maximum atomic E-state index is 4.36. The molecule has 0 atom stereocenters. The third kappa shape index (κ3) is 1.88. The summed E-state index contributed by atoms with van der Waals surface area (Å²) < 4.78 is 4.18. The molecule has 2 heterocycles. The molecule has 1 saturated heterocycles. The summed E-state index contributed by atoms with van der Waals surface area (Å²) in [5.41, 5.74) is 1.30. The van der Waals surface area contributed by atoms with E-state index in [2.05, 4.69) is 20.8 Å². The second-order valence-electron chi connectivity index (χ2n) is 3.40. The molecule has 2 rings (SSSR count). The molecule has 1 fully saturated rings. The van der Waals surface area contributed by atoms with Crippen LogP contribution < -0.4 is 4.90 Å². The molecule has 1 aromatic heterocycles. The maximum absolute atomic E-state index is 4.36. The van der Waals surface area contributed by atoms with Gasteiger partial charge in [-0.15, -0.1) is 0 Å². The van der Waals surface area contributed by atoms with Crippen molar-refractivity contribution in [1.29, 1.82) is 0 Å². The van der Waals surface area contributed by atoms with E-state index in [1.807, 2.05) is 6.92 Å². The summed E-state index contributed by atoms with van der Waals surface area (Å²) in [4.78, 5) is 6.62. The molecule has 0 amide bonds. The first kappa shape index (κ1) is 8.69. The average molecular weight is 195 g/mol. The Kier molecular flexibility index (Phi) is 2.31. The van der Waals surface area contributed by atoms with Gasteiger partial charge in [0.05, 0.1) is 0 Å². The molecule has 0 aliphatic carbocycles. The minimum atomic E-state index is 0.871. The molecule has 4 heteroatoms. The Labute approximate surface area is 82.3 Å². The molecule has 13 heavy (non-hydrogen) atoms. The van der Waals surface area contributed by atoms with E-state index in [9.17, 15) is 0 Å². The number of hydrogen-bond donors (Lipinski definition) is 0. The molecule has 0 spiro atoms. The predicted molar refractivity (Wildman–Crippen MR) is 55.2 cm³/mol. The molecular weight excluding hydrogens is 182 g/mol. The lowest BCUT2D eigenvalue weighted by molar-refractivity contribution is 0.677. The van der Waals surface area contributed by atoms with Gasteiger partial charge in [0.15, 0.2) is 0 Å². The van der Waals surface area contributed by atoms with Crippen molar-refractivity contribution in [3.05, 3.63) is 18.0 Å². The number of piperidine rings is 1. The molecule has 0 N–H and O–H groups in total. The van der Waals surface area contributed by atoms with Crippen LogP contribution in [0.3, 0.4) is 0 Å². The largest absolute Gasteiger partial charge is 0.343 e. The quantitative estimate of drug-likeness (QED) is 0.642. The van der Waals surface area contributed by atoms with Gasteiger partial charge in [0.1, 0.15) is 5.82 Å². The van der Waals surface area contributed by atoms with Crippen LogP contribution in [0.25, 0.3) is 0 Å². The van der Waals surface area contributed by atoms with E-state index in [4.69, 9.17) is 0 Å². The van der Waals surface area contributed by atoms with E-state index in [-0.39, 0.29) is 0 Å². The molecule has 0 unspecified atom stereocenters. The molecule has 0 bridgehead atoms. The lowest BCUT2D eigenvalue weighted by atomic mass is 10.1. The average Bonchev–Trinajstić information content (AvgIpc) is 2.52. The summed E-state index contributed by atoms with van der Waals surface area (Å²) >= 11 is 1.48. The van der Waals surface area contributed by atoms with Crippen molar-refractivity contribution in [1.82, 2.24) is 9.36 Å². The lowest BCUT2D eigenvalue weighted by Crippen LogP contribution is -2.30. The number of rotatable bonds is 1. The van der Waals surface area contributed by atoms with Crippen LogP contribution in [0, 0.1) is 6.92 Å². The van der Waals surface area contributed by atoms with Gasteiger partial charge in [-0.25, -0.2) is 4.98 Å². The summed E-state index contributed by atoms with van der Waals surface area (Å²) in [6, 6.07) is 0. The van der Waals surface area contributed by atoms with Gasteiger partial charge in [0.25, 0.3) is 0 Å². The maximum Gasteiger partial charge on any atom is 0.205 e. The smallest absolute Gasteiger partial charge is 0.205 e. The van der Waals surface area contributed by atoms with Gasteiger partial charge in [-0.05, 0) is 19.8 Å². The van der Waals surface area contributed by atoms with Crippen LogP contribution in [-0.4, -0.2) is 22.4 Å². The van der Waals surface area contributed by atoms with Gasteiger partial charge in [0.2, 0.25) is 5.13 Å². The Balaban J connectivity index is 2.12. The highest BCUT2D eigenvalue weighted by molar-refractivity contribution is 7.09. The Morgan fingerprint density at radius 2 is 2.38 bits per heavy atom. The fraction of sp³-hybridized carbons (Fsp3) is 0.556. The fourth-order valence-corrected chi connectivity index (χ4v) is 2.22. The van der Waals surface area contributed by atoms with Crippen LogP contribution in [-0.2, 0) is 0 Å². The van der Waals surface area contributed by atoms with Crippen molar-refractivity contribution < 1.29 is 0 Å². The zero-order chi connectivity index (χ0) is 9.26. The van der Waals surface area contributed by atoms with Crippen LogP contribution in [0.4, 0.5) is 5.13 Å². The topological polar surface area (TPSA) is 29.0 Å². The van der Waals surface area contributed by atoms with Crippen molar-refractivity contribution in [3.8, 4) is 0 Å². The number of hydrogen-bond acceptors (Lipinski definition) is 4. The fourth-order valence-electron chi connectivity index (χ4n) is 1.53. The highest BCUT2D eigenvalue weighted by Gasteiger charge is 2.16. The highest BCUT2D eigenvalue weighted by Crippen LogP contribution is 2.22. The minimum absolute atomic E-state index is 0.871. The first-order chi connectivity index (χ1) is 6.25. The molecule has 1 aliphatic heterocycles. The van der Waals surface area contributed by atoms with Crippen molar-refractivity contribution in [2.75, 3.05) is 18.0 Å². The number of aromatic nitrogens is 2. The third-order valence-corrected chi connectivity index (χ3v) is 3.03. The van der Waals surface area contributed by atoms with Gasteiger partial charge in [-0.3, -0.25) is 0 Å². The zero-order valence-electron chi connectivity index (χ0n) is 7.79. The van der Waals surface area contributed by atoms with E-state index < -0.39 is 0 Å². The molecule has 70 valence electrons. The van der Waals surface area contributed by atoms with Gasteiger partial charge < -0.3 is 4.90 Å².